The van der Waals surface area contributed by atoms with Crippen molar-refractivity contribution in [3.63, 3.8) is 0 Å². The first-order valence-electron chi connectivity index (χ1n) is 12.2. The van der Waals surface area contributed by atoms with Gasteiger partial charge >= 0.3 is 0 Å². The number of carbonyl (C=O) groups excluding carboxylic acids is 3. The van der Waals surface area contributed by atoms with Gasteiger partial charge in [0.1, 0.15) is 0 Å². The predicted octanol–water partition coefficient (Wildman–Crippen LogP) is 1.83. The summed E-state index contributed by atoms with van der Waals surface area (Å²) in [6, 6.07) is -0.658. The third kappa shape index (κ3) is 26.0. The second-order valence-corrected chi connectivity index (χ2v) is 7.59. The number of amides is 3. The fourth-order valence-electron chi connectivity index (χ4n) is 2.14. The fourth-order valence-corrected chi connectivity index (χ4v) is 2.14. The smallest absolute Gasteiger partial charge is 0.237 e. The van der Waals surface area contributed by atoms with Crippen LogP contribution in [0.15, 0.2) is 25.8 Å². The zero-order chi connectivity index (χ0) is 27.5. The molecule has 3 amide bonds. The van der Waals surface area contributed by atoms with Crippen LogP contribution in [0.5, 0.6) is 0 Å². The van der Waals surface area contributed by atoms with E-state index < -0.39 is 0 Å². The van der Waals surface area contributed by atoms with Gasteiger partial charge in [0.25, 0.3) is 0 Å². The standard InChI is InChI=1S/C7H14N2O.C7H16N2O.C5H12N2O.C4H8.C2H4/c1-2-8-7(10)6-4-3-5-9-6;1-4-9-7(10)6(8)5(2)3;1-3-7-5(8)4(2)6;1-3-4-2;1-2/h6,9H,2-5H2,1H3,(H,8,10);5-6H,4,8H2,1-3H3,(H,9,10);4H,3,6H2,1-2H3,(H,7,8);3H,1,4H2,2H3;1-2H2. The Morgan fingerprint density at radius 3 is 1.65 bits per heavy atom. The van der Waals surface area contributed by atoms with Crippen LogP contribution < -0.4 is 32.7 Å². The fraction of sp³-hybridized carbons (Fsp3) is 0.720. The molecule has 34 heavy (non-hydrogen) atoms. The van der Waals surface area contributed by atoms with E-state index in [0.717, 1.165) is 32.4 Å². The molecule has 8 N–H and O–H groups in total. The highest BCUT2D eigenvalue weighted by Crippen LogP contribution is 2.03. The summed E-state index contributed by atoms with van der Waals surface area (Å²) in [4.78, 5) is 32.5. The molecule has 9 heteroatoms. The van der Waals surface area contributed by atoms with Crippen LogP contribution in [0.1, 0.15) is 67.7 Å². The Bertz CT molecular complexity index is 491. The first-order valence-corrected chi connectivity index (χ1v) is 12.2. The summed E-state index contributed by atoms with van der Waals surface area (Å²) in [5.74, 6) is 0.219. The Morgan fingerprint density at radius 1 is 0.941 bits per heavy atom. The van der Waals surface area contributed by atoms with E-state index >= 15 is 0 Å². The lowest BCUT2D eigenvalue weighted by molar-refractivity contribution is -0.123. The number of nitrogens with two attached hydrogens (primary N) is 2. The minimum absolute atomic E-state index is 0.0579. The molecule has 0 aromatic rings. The van der Waals surface area contributed by atoms with Crippen LogP contribution in [0.25, 0.3) is 0 Å². The normalized spacial score (nSPS) is 15.1. The molecule has 0 radical (unpaired) electrons. The van der Waals surface area contributed by atoms with E-state index in [9.17, 15) is 14.4 Å². The lowest BCUT2D eigenvalue weighted by atomic mass is 10.1. The molecule has 0 aliphatic carbocycles. The molecule has 3 unspecified atom stereocenters. The van der Waals surface area contributed by atoms with E-state index in [0.29, 0.717) is 13.1 Å². The van der Waals surface area contributed by atoms with Crippen LogP contribution >= 0.6 is 0 Å². The van der Waals surface area contributed by atoms with Crippen molar-refractivity contribution in [2.75, 3.05) is 26.2 Å². The average molecular weight is 487 g/mol. The van der Waals surface area contributed by atoms with Gasteiger partial charge in [0, 0.05) is 19.6 Å². The monoisotopic (exact) mass is 486 g/mol. The molecule has 0 aromatic heterocycles. The Hall–Kier alpha value is -2.23. The first kappa shape index (κ1) is 39.0. The van der Waals surface area contributed by atoms with Crippen LogP contribution in [0, 0.1) is 5.92 Å². The molecular formula is C25H54N6O3. The zero-order valence-corrected chi connectivity index (χ0v) is 22.8. The van der Waals surface area contributed by atoms with Crippen molar-refractivity contribution in [3.8, 4) is 0 Å². The minimum Gasteiger partial charge on any atom is -0.355 e. The molecule has 0 spiro atoms. The van der Waals surface area contributed by atoms with Gasteiger partial charge in [-0.2, -0.15) is 0 Å². The number of allylic oxidation sites excluding steroid dienone is 1. The van der Waals surface area contributed by atoms with Crippen molar-refractivity contribution >= 4 is 17.7 Å². The Labute approximate surface area is 208 Å². The molecule has 1 saturated heterocycles. The van der Waals surface area contributed by atoms with Crippen LogP contribution in [0.4, 0.5) is 0 Å². The number of carbonyl (C=O) groups is 3. The molecule has 1 aliphatic rings. The van der Waals surface area contributed by atoms with Gasteiger partial charge in [-0.25, -0.2) is 0 Å². The topological polar surface area (TPSA) is 151 Å². The van der Waals surface area contributed by atoms with Crippen molar-refractivity contribution in [2.45, 2.75) is 85.9 Å². The van der Waals surface area contributed by atoms with E-state index in [4.69, 9.17) is 11.5 Å². The maximum absolute atomic E-state index is 11.1. The van der Waals surface area contributed by atoms with Gasteiger partial charge in [-0.3, -0.25) is 14.4 Å². The molecule has 1 rings (SSSR count). The Balaban J connectivity index is -0.000000179. The van der Waals surface area contributed by atoms with E-state index in [1.165, 1.54) is 0 Å². The van der Waals surface area contributed by atoms with Gasteiger partial charge < -0.3 is 32.7 Å². The van der Waals surface area contributed by atoms with Gasteiger partial charge in [0.05, 0.1) is 18.1 Å². The van der Waals surface area contributed by atoms with E-state index in [2.05, 4.69) is 47.9 Å². The van der Waals surface area contributed by atoms with Crippen LogP contribution in [0.2, 0.25) is 0 Å². The molecule has 0 bridgehead atoms. The molecule has 202 valence electrons. The maximum atomic E-state index is 11.1. The van der Waals surface area contributed by atoms with Gasteiger partial charge in [-0.05, 0) is 59.4 Å². The van der Waals surface area contributed by atoms with Crippen LogP contribution in [-0.4, -0.2) is 62.0 Å². The highest BCUT2D eigenvalue weighted by atomic mass is 16.2. The second kappa shape index (κ2) is 28.8. The van der Waals surface area contributed by atoms with E-state index in [1.54, 1.807) is 6.92 Å². The molecular weight excluding hydrogens is 432 g/mol. The predicted molar refractivity (Wildman–Crippen MR) is 145 cm³/mol. The number of likely N-dealkylation sites (N-methyl/N-ethyl adjacent to an activating group) is 3. The van der Waals surface area contributed by atoms with Crippen molar-refractivity contribution in [2.24, 2.45) is 17.4 Å². The van der Waals surface area contributed by atoms with Crippen molar-refractivity contribution in [1.29, 1.82) is 0 Å². The summed E-state index contributed by atoms with van der Waals surface area (Å²) in [7, 11) is 0. The van der Waals surface area contributed by atoms with E-state index in [-0.39, 0.29) is 41.8 Å². The minimum atomic E-state index is -0.380. The van der Waals surface area contributed by atoms with Gasteiger partial charge in [0.2, 0.25) is 17.7 Å². The molecule has 1 heterocycles. The summed E-state index contributed by atoms with van der Waals surface area (Å²) in [6.07, 6.45) is 5.08. The summed E-state index contributed by atoms with van der Waals surface area (Å²) < 4.78 is 0. The third-order valence-electron chi connectivity index (χ3n) is 4.15. The number of hydrogen-bond acceptors (Lipinski definition) is 6. The lowest BCUT2D eigenvalue weighted by Crippen LogP contribution is -2.43. The van der Waals surface area contributed by atoms with Gasteiger partial charge in [-0.15, -0.1) is 19.7 Å². The lowest BCUT2D eigenvalue weighted by Gasteiger charge is -2.13. The highest BCUT2D eigenvalue weighted by molar-refractivity contribution is 5.82. The van der Waals surface area contributed by atoms with Crippen molar-refractivity contribution in [3.05, 3.63) is 25.8 Å². The molecule has 1 aliphatic heterocycles. The summed E-state index contributed by atoms with van der Waals surface area (Å²) in [5.41, 5.74) is 10.7. The average Bonchev–Trinajstić information content (AvgIpc) is 3.36. The van der Waals surface area contributed by atoms with Gasteiger partial charge in [0.15, 0.2) is 0 Å². The van der Waals surface area contributed by atoms with Crippen molar-refractivity contribution < 1.29 is 14.4 Å². The molecule has 0 saturated carbocycles. The van der Waals surface area contributed by atoms with Crippen molar-refractivity contribution in [1.82, 2.24) is 21.3 Å². The number of nitrogens with one attached hydrogen (secondary N) is 4. The Kier molecular flexibility index (Phi) is 33.0. The largest absolute Gasteiger partial charge is 0.355 e. The Morgan fingerprint density at radius 2 is 1.38 bits per heavy atom. The second-order valence-electron chi connectivity index (χ2n) is 7.59. The zero-order valence-electron chi connectivity index (χ0n) is 22.8. The maximum Gasteiger partial charge on any atom is 0.237 e. The van der Waals surface area contributed by atoms with Gasteiger partial charge in [-0.1, -0.05) is 26.8 Å². The molecule has 3 atom stereocenters. The quantitative estimate of drug-likeness (QED) is 0.288. The third-order valence-corrected chi connectivity index (χ3v) is 4.15. The van der Waals surface area contributed by atoms with Crippen LogP contribution in [0.3, 0.4) is 0 Å². The number of hydrogen-bond donors (Lipinski definition) is 6. The first-order chi connectivity index (χ1) is 16.0. The molecule has 9 nitrogen and oxygen atoms in total. The molecule has 0 aromatic carbocycles. The van der Waals surface area contributed by atoms with Crippen LogP contribution in [-0.2, 0) is 14.4 Å². The molecule has 1 fully saturated rings. The SMILES string of the molecule is C=C.C=CCC.CCNC(=O)C(C)N.CCNC(=O)C(N)C(C)C.CCNC(=O)C1CCCN1. The summed E-state index contributed by atoms with van der Waals surface area (Å²) >= 11 is 0. The van der Waals surface area contributed by atoms with E-state index in [1.807, 2.05) is 40.7 Å². The number of rotatable bonds is 8. The highest BCUT2D eigenvalue weighted by Gasteiger charge is 2.20. The summed E-state index contributed by atoms with van der Waals surface area (Å²) in [6.45, 7) is 25.8. The summed E-state index contributed by atoms with van der Waals surface area (Å²) in [5, 5.41) is 11.2.